The second-order valence-electron chi connectivity index (χ2n) is 8.68. The van der Waals surface area contributed by atoms with Crippen LogP contribution in [0, 0.1) is 0 Å². The maximum atomic E-state index is 12.7. The number of nitrogens with one attached hydrogen (secondary N) is 1. The van der Waals surface area contributed by atoms with Crippen LogP contribution < -0.4 is 5.32 Å². The molecule has 0 radical (unpaired) electrons. The number of carbonyl (C=O) groups is 1. The van der Waals surface area contributed by atoms with Crippen LogP contribution in [0.3, 0.4) is 0 Å². The number of aliphatic hydroxyl groups is 1. The Balaban J connectivity index is 1.29. The molecule has 33 heavy (non-hydrogen) atoms. The van der Waals surface area contributed by atoms with Gasteiger partial charge in [-0.3, -0.25) is 0 Å². The molecule has 1 aromatic heterocycles. The van der Waals surface area contributed by atoms with E-state index < -0.39 is 6.29 Å². The van der Waals surface area contributed by atoms with E-state index in [1.54, 1.807) is 4.90 Å². The number of nitrogens with zero attached hydrogens (tertiary/aromatic N) is 2. The van der Waals surface area contributed by atoms with E-state index in [-0.39, 0.29) is 18.2 Å². The van der Waals surface area contributed by atoms with Crippen LogP contribution in [-0.2, 0) is 15.0 Å². The largest absolute Gasteiger partial charge is 0.445 e. The Morgan fingerprint density at radius 2 is 2.09 bits per heavy atom. The van der Waals surface area contributed by atoms with Gasteiger partial charge in [0.1, 0.15) is 6.61 Å². The molecule has 0 saturated carbocycles. The number of benzene rings is 1. The molecule has 2 aromatic rings. The van der Waals surface area contributed by atoms with E-state index in [0.29, 0.717) is 18.7 Å². The number of aliphatic hydroxyl groups excluding tert-OH is 1. The van der Waals surface area contributed by atoms with Gasteiger partial charge in [0.15, 0.2) is 6.29 Å². The van der Waals surface area contributed by atoms with Crippen molar-refractivity contribution in [2.75, 3.05) is 32.1 Å². The number of piperidine rings is 1. The van der Waals surface area contributed by atoms with E-state index in [1.807, 2.05) is 36.4 Å². The molecule has 7 heteroatoms. The van der Waals surface area contributed by atoms with Crippen LogP contribution in [0.25, 0.3) is 5.69 Å². The number of amides is 1. The molecular formula is C26H29N3O4. The Kier molecular flexibility index (Phi) is 5.83. The summed E-state index contributed by atoms with van der Waals surface area (Å²) in [5.41, 5.74) is 4.59. The van der Waals surface area contributed by atoms with E-state index >= 15 is 0 Å². The summed E-state index contributed by atoms with van der Waals surface area (Å²) >= 11 is 0. The van der Waals surface area contributed by atoms with Crippen LogP contribution in [0.15, 0.2) is 72.5 Å². The first kappa shape index (κ1) is 21.6. The average Bonchev–Trinajstić information content (AvgIpc) is 3.21. The molecule has 1 saturated heterocycles. The van der Waals surface area contributed by atoms with Crippen molar-refractivity contribution in [1.82, 2.24) is 9.47 Å². The molecule has 0 bridgehead atoms. The summed E-state index contributed by atoms with van der Waals surface area (Å²) in [6, 6.07) is 10.0. The Bertz CT molecular complexity index is 1120. The van der Waals surface area contributed by atoms with Crippen LogP contribution >= 0.6 is 0 Å². The first-order valence-corrected chi connectivity index (χ1v) is 11.3. The Morgan fingerprint density at radius 3 is 2.91 bits per heavy atom. The molecule has 1 fully saturated rings. The fourth-order valence-electron chi connectivity index (χ4n) is 4.88. The lowest BCUT2D eigenvalue weighted by molar-refractivity contribution is -0.0769. The summed E-state index contributed by atoms with van der Waals surface area (Å²) in [6.45, 7) is 1.49. The number of aromatic nitrogens is 1. The standard InChI is InChI=1S/C26H29N3O4/c1-32-24(30)20-10-11-22-21(17-20)27-26(23-9-6-14-29(22)23)12-15-28(16-13-26)25(31)33-18-19-7-4-2-3-5-8-19/h2-4,6-11,14,17,24,27,30H,5,12-13,15-16,18H2,1H3. The zero-order valence-electron chi connectivity index (χ0n) is 18.7. The first-order chi connectivity index (χ1) is 16.1. The summed E-state index contributed by atoms with van der Waals surface area (Å²) < 4.78 is 12.9. The smallest absolute Gasteiger partial charge is 0.410 e. The molecule has 3 heterocycles. The van der Waals surface area contributed by atoms with Crippen molar-refractivity contribution in [3.05, 3.63) is 83.7 Å². The predicted molar refractivity (Wildman–Crippen MR) is 126 cm³/mol. The van der Waals surface area contributed by atoms with Gasteiger partial charge in [-0.05, 0) is 49.1 Å². The number of methoxy groups -OCH3 is 1. The first-order valence-electron chi connectivity index (χ1n) is 11.3. The van der Waals surface area contributed by atoms with Crippen molar-refractivity contribution >= 4 is 11.8 Å². The highest BCUT2D eigenvalue weighted by molar-refractivity contribution is 5.70. The molecule has 7 nitrogen and oxygen atoms in total. The number of likely N-dealkylation sites (tertiary alicyclic amines) is 1. The van der Waals surface area contributed by atoms with Gasteiger partial charge in [-0.1, -0.05) is 36.4 Å². The number of allylic oxidation sites excluding steroid dienone is 4. The van der Waals surface area contributed by atoms with Crippen LogP contribution in [0.4, 0.5) is 10.5 Å². The number of hydrogen-bond donors (Lipinski definition) is 2. The van der Waals surface area contributed by atoms with E-state index in [4.69, 9.17) is 9.47 Å². The molecule has 1 spiro atoms. The monoisotopic (exact) mass is 447 g/mol. The van der Waals surface area contributed by atoms with Gasteiger partial charge < -0.3 is 29.4 Å². The van der Waals surface area contributed by atoms with Gasteiger partial charge in [0.25, 0.3) is 0 Å². The van der Waals surface area contributed by atoms with Gasteiger partial charge in [-0.15, -0.1) is 0 Å². The SMILES string of the molecule is COC(O)c1ccc2c(c1)NC1(CCN(C(=O)OCC3=CCC=CC=C3)CC1)c1cccn1-2. The van der Waals surface area contributed by atoms with Gasteiger partial charge >= 0.3 is 6.09 Å². The third-order valence-corrected chi connectivity index (χ3v) is 6.71. The zero-order valence-corrected chi connectivity index (χ0v) is 18.7. The molecule has 2 N–H and O–H groups in total. The number of anilines is 1. The highest BCUT2D eigenvalue weighted by Gasteiger charge is 2.42. The fourth-order valence-corrected chi connectivity index (χ4v) is 4.88. The lowest BCUT2D eigenvalue weighted by atomic mass is 9.82. The minimum Gasteiger partial charge on any atom is -0.445 e. The third kappa shape index (κ3) is 4.10. The van der Waals surface area contributed by atoms with Gasteiger partial charge in [0, 0.05) is 37.7 Å². The van der Waals surface area contributed by atoms with Crippen molar-refractivity contribution in [2.45, 2.75) is 31.1 Å². The lowest BCUT2D eigenvalue weighted by Gasteiger charge is -2.46. The number of carbonyl (C=O) groups excluding carboxylic acids is 1. The van der Waals surface area contributed by atoms with Gasteiger partial charge in [0.2, 0.25) is 0 Å². The maximum absolute atomic E-state index is 12.7. The number of ether oxygens (including phenoxy) is 2. The van der Waals surface area contributed by atoms with Gasteiger partial charge in [-0.2, -0.15) is 0 Å². The van der Waals surface area contributed by atoms with Crippen LogP contribution in [0.5, 0.6) is 0 Å². The normalized spacial score (nSPS) is 19.2. The number of rotatable bonds is 4. The van der Waals surface area contributed by atoms with E-state index in [0.717, 1.165) is 36.2 Å². The fraction of sp³-hybridized carbons (Fsp3) is 0.346. The molecule has 3 aliphatic rings. The topological polar surface area (TPSA) is 76.0 Å². The molecule has 5 rings (SSSR count). The quantitative estimate of drug-likeness (QED) is 0.679. The molecule has 1 atom stereocenters. The maximum Gasteiger partial charge on any atom is 0.410 e. The minimum absolute atomic E-state index is 0.270. The van der Waals surface area contributed by atoms with Crippen molar-refractivity contribution in [3.8, 4) is 5.69 Å². The summed E-state index contributed by atoms with van der Waals surface area (Å²) in [6.07, 6.45) is 13.3. The number of hydrogen-bond acceptors (Lipinski definition) is 5. The van der Waals surface area contributed by atoms with Crippen LogP contribution in [0.2, 0.25) is 0 Å². The van der Waals surface area contributed by atoms with E-state index in [1.165, 1.54) is 12.8 Å². The Hall–Kier alpha value is -3.29. The molecule has 2 aliphatic heterocycles. The number of fused-ring (bicyclic) bond motifs is 4. The molecule has 1 aromatic carbocycles. The van der Waals surface area contributed by atoms with Crippen molar-refractivity contribution < 1.29 is 19.4 Å². The highest BCUT2D eigenvalue weighted by Crippen LogP contribution is 2.44. The second kappa shape index (κ2) is 8.92. The Labute approximate surface area is 193 Å². The van der Waals surface area contributed by atoms with E-state index in [9.17, 15) is 9.90 Å². The van der Waals surface area contributed by atoms with Gasteiger partial charge in [-0.25, -0.2) is 4.79 Å². The highest BCUT2D eigenvalue weighted by atomic mass is 16.6. The summed E-state index contributed by atoms with van der Waals surface area (Å²) in [5.74, 6) is 0. The summed E-state index contributed by atoms with van der Waals surface area (Å²) in [7, 11) is 1.48. The zero-order chi connectivity index (χ0) is 22.8. The third-order valence-electron chi connectivity index (χ3n) is 6.71. The van der Waals surface area contributed by atoms with Crippen molar-refractivity contribution in [3.63, 3.8) is 0 Å². The predicted octanol–water partition coefficient (Wildman–Crippen LogP) is 4.41. The molecule has 1 aliphatic carbocycles. The molecule has 172 valence electrons. The summed E-state index contributed by atoms with van der Waals surface area (Å²) in [5, 5.41) is 13.9. The van der Waals surface area contributed by atoms with Gasteiger partial charge in [0.05, 0.1) is 16.9 Å². The van der Waals surface area contributed by atoms with Crippen LogP contribution in [-0.4, -0.2) is 47.5 Å². The van der Waals surface area contributed by atoms with Crippen molar-refractivity contribution in [2.24, 2.45) is 0 Å². The minimum atomic E-state index is -0.968. The van der Waals surface area contributed by atoms with E-state index in [2.05, 4.69) is 40.4 Å². The average molecular weight is 448 g/mol. The van der Waals surface area contributed by atoms with Crippen molar-refractivity contribution in [1.29, 1.82) is 0 Å². The Morgan fingerprint density at radius 1 is 1.24 bits per heavy atom. The molecule has 1 amide bonds. The van der Waals surface area contributed by atoms with Crippen LogP contribution in [0.1, 0.15) is 36.8 Å². The molecule has 1 unspecified atom stereocenters. The lowest BCUT2D eigenvalue weighted by Crippen LogP contribution is -2.51. The summed E-state index contributed by atoms with van der Waals surface area (Å²) in [4.78, 5) is 14.5. The molecular weight excluding hydrogens is 418 g/mol. The second-order valence-corrected chi connectivity index (χ2v) is 8.68.